The van der Waals surface area contributed by atoms with Crippen LogP contribution in [0.4, 0.5) is 0 Å². The molecule has 0 aromatic carbocycles. The first-order chi connectivity index (χ1) is 6.72. The summed E-state index contributed by atoms with van der Waals surface area (Å²) < 4.78 is 0. The van der Waals surface area contributed by atoms with Gasteiger partial charge in [0.25, 0.3) is 0 Å². The average molecular weight is 198 g/mol. The molecule has 0 bridgehead atoms. The molecule has 1 saturated carbocycles. The number of hydrogen-bond donors (Lipinski definition) is 3. The minimum Gasteiger partial charge on any atom is -0.388 e. The van der Waals surface area contributed by atoms with Crippen LogP contribution in [0, 0.1) is 5.41 Å². The Morgan fingerprint density at radius 1 is 1.14 bits per heavy atom. The van der Waals surface area contributed by atoms with E-state index >= 15 is 0 Å². The van der Waals surface area contributed by atoms with Crippen LogP contribution in [0.5, 0.6) is 0 Å². The van der Waals surface area contributed by atoms with Gasteiger partial charge in [0.05, 0.1) is 5.60 Å². The molecule has 1 heterocycles. The summed E-state index contributed by atoms with van der Waals surface area (Å²) in [5.74, 6) is 0. The van der Waals surface area contributed by atoms with Gasteiger partial charge in [-0.25, -0.2) is 0 Å². The quantitative estimate of drug-likeness (QED) is 0.609. The Balaban J connectivity index is 2.15. The SMILES string of the molecule is NCC1(C2(O)CCCNC2)CCCC1. The minimum atomic E-state index is -0.531. The first-order valence-corrected chi connectivity index (χ1v) is 5.86. The number of nitrogens with two attached hydrogens (primary N) is 1. The second-order valence-electron chi connectivity index (χ2n) is 5.00. The molecule has 4 N–H and O–H groups in total. The highest BCUT2D eigenvalue weighted by molar-refractivity contribution is 5.04. The molecule has 2 rings (SSSR count). The van der Waals surface area contributed by atoms with Crippen LogP contribution >= 0.6 is 0 Å². The van der Waals surface area contributed by atoms with Crippen LogP contribution < -0.4 is 11.1 Å². The first-order valence-electron chi connectivity index (χ1n) is 5.86. The fourth-order valence-corrected chi connectivity index (χ4v) is 3.25. The lowest BCUT2D eigenvalue weighted by molar-refractivity contribution is -0.0925. The molecule has 2 fully saturated rings. The maximum absolute atomic E-state index is 10.7. The molecule has 1 aliphatic carbocycles. The van der Waals surface area contributed by atoms with Crippen LogP contribution in [0.2, 0.25) is 0 Å². The zero-order valence-electron chi connectivity index (χ0n) is 8.89. The highest BCUT2D eigenvalue weighted by Crippen LogP contribution is 2.48. The van der Waals surface area contributed by atoms with Gasteiger partial charge in [0.15, 0.2) is 0 Å². The van der Waals surface area contributed by atoms with E-state index in [1.165, 1.54) is 12.8 Å². The van der Waals surface area contributed by atoms with Gasteiger partial charge in [-0.1, -0.05) is 12.8 Å². The third kappa shape index (κ3) is 1.47. The van der Waals surface area contributed by atoms with E-state index in [4.69, 9.17) is 5.73 Å². The molecule has 1 unspecified atom stereocenters. The minimum absolute atomic E-state index is 0.0143. The Morgan fingerprint density at radius 2 is 1.86 bits per heavy atom. The van der Waals surface area contributed by atoms with E-state index in [0.717, 1.165) is 38.8 Å². The number of piperidine rings is 1. The van der Waals surface area contributed by atoms with E-state index in [1.807, 2.05) is 0 Å². The maximum Gasteiger partial charge on any atom is 0.0839 e. The zero-order chi connectivity index (χ0) is 10.1. The summed E-state index contributed by atoms with van der Waals surface area (Å²) in [6, 6.07) is 0. The van der Waals surface area contributed by atoms with Gasteiger partial charge in [-0.05, 0) is 32.2 Å². The highest BCUT2D eigenvalue weighted by Gasteiger charge is 2.50. The van der Waals surface area contributed by atoms with E-state index in [0.29, 0.717) is 6.54 Å². The Morgan fingerprint density at radius 3 is 2.36 bits per heavy atom. The van der Waals surface area contributed by atoms with Crippen molar-refractivity contribution >= 4 is 0 Å². The molecule has 3 nitrogen and oxygen atoms in total. The largest absolute Gasteiger partial charge is 0.388 e. The van der Waals surface area contributed by atoms with Gasteiger partial charge in [-0.2, -0.15) is 0 Å². The van der Waals surface area contributed by atoms with Crippen LogP contribution in [0.15, 0.2) is 0 Å². The lowest BCUT2D eigenvalue weighted by Gasteiger charge is -2.47. The molecule has 0 radical (unpaired) electrons. The molecule has 1 aliphatic heterocycles. The molecule has 14 heavy (non-hydrogen) atoms. The summed E-state index contributed by atoms with van der Waals surface area (Å²) in [5, 5.41) is 14.0. The first kappa shape index (κ1) is 10.4. The van der Waals surface area contributed by atoms with E-state index in [-0.39, 0.29) is 5.41 Å². The van der Waals surface area contributed by atoms with Crippen molar-refractivity contribution in [2.75, 3.05) is 19.6 Å². The van der Waals surface area contributed by atoms with Crippen LogP contribution in [0.3, 0.4) is 0 Å². The Bertz CT molecular complexity index is 193. The second kappa shape index (κ2) is 3.80. The molecule has 82 valence electrons. The summed E-state index contributed by atoms with van der Waals surface area (Å²) in [4.78, 5) is 0. The predicted molar refractivity (Wildman–Crippen MR) is 57.0 cm³/mol. The number of nitrogens with one attached hydrogen (secondary N) is 1. The Labute approximate surface area is 86.1 Å². The van der Waals surface area contributed by atoms with Crippen molar-refractivity contribution in [1.82, 2.24) is 5.32 Å². The fourth-order valence-electron chi connectivity index (χ4n) is 3.25. The van der Waals surface area contributed by atoms with Crippen molar-refractivity contribution in [1.29, 1.82) is 0 Å². The van der Waals surface area contributed by atoms with Crippen molar-refractivity contribution < 1.29 is 5.11 Å². The molecule has 1 saturated heterocycles. The molecule has 0 amide bonds. The third-order valence-electron chi connectivity index (χ3n) is 4.30. The summed E-state index contributed by atoms with van der Waals surface area (Å²) in [7, 11) is 0. The van der Waals surface area contributed by atoms with Crippen molar-refractivity contribution in [3.63, 3.8) is 0 Å². The Kier molecular flexibility index (Phi) is 2.82. The van der Waals surface area contributed by atoms with Gasteiger partial charge in [0, 0.05) is 18.5 Å². The van der Waals surface area contributed by atoms with Gasteiger partial charge in [-0.3, -0.25) is 0 Å². The Hall–Kier alpha value is -0.120. The number of hydrogen-bond acceptors (Lipinski definition) is 3. The molecule has 0 spiro atoms. The van der Waals surface area contributed by atoms with Crippen molar-refractivity contribution in [3.05, 3.63) is 0 Å². The highest BCUT2D eigenvalue weighted by atomic mass is 16.3. The summed E-state index contributed by atoms with van der Waals surface area (Å²) >= 11 is 0. The van der Waals surface area contributed by atoms with Crippen LogP contribution in [-0.4, -0.2) is 30.3 Å². The molecular formula is C11H22N2O. The summed E-state index contributed by atoms with van der Waals surface area (Å²) in [6.45, 7) is 2.43. The topological polar surface area (TPSA) is 58.3 Å². The molecule has 1 atom stereocenters. The monoisotopic (exact) mass is 198 g/mol. The zero-order valence-corrected chi connectivity index (χ0v) is 8.89. The van der Waals surface area contributed by atoms with Gasteiger partial charge >= 0.3 is 0 Å². The molecule has 0 aromatic rings. The lowest BCUT2D eigenvalue weighted by atomic mass is 9.67. The van der Waals surface area contributed by atoms with Gasteiger partial charge < -0.3 is 16.2 Å². The number of β-amino-alcohol motifs (C(OH)–C–C–N with tert-alkyl or cyclic N) is 1. The smallest absolute Gasteiger partial charge is 0.0839 e. The normalized spacial score (nSPS) is 37.3. The van der Waals surface area contributed by atoms with Crippen LogP contribution in [0.25, 0.3) is 0 Å². The molecular weight excluding hydrogens is 176 g/mol. The van der Waals surface area contributed by atoms with Gasteiger partial charge in [-0.15, -0.1) is 0 Å². The summed E-state index contributed by atoms with van der Waals surface area (Å²) in [5.41, 5.74) is 5.38. The van der Waals surface area contributed by atoms with Gasteiger partial charge in [0.2, 0.25) is 0 Å². The van der Waals surface area contributed by atoms with E-state index in [1.54, 1.807) is 0 Å². The van der Waals surface area contributed by atoms with Crippen molar-refractivity contribution in [2.24, 2.45) is 11.1 Å². The number of aliphatic hydroxyl groups is 1. The molecule has 2 aliphatic rings. The van der Waals surface area contributed by atoms with Gasteiger partial charge in [0.1, 0.15) is 0 Å². The van der Waals surface area contributed by atoms with Crippen molar-refractivity contribution in [2.45, 2.75) is 44.1 Å². The average Bonchev–Trinajstić information content (AvgIpc) is 2.68. The predicted octanol–water partition coefficient (Wildman–Crippen LogP) is 0.620. The lowest BCUT2D eigenvalue weighted by Crippen LogP contribution is -2.59. The third-order valence-corrected chi connectivity index (χ3v) is 4.30. The molecule has 0 aromatic heterocycles. The van der Waals surface area contributed by atoms with Crippen LogP contribution in [0.1, 0.15) is 38.5 Å². The van der Waals surface area contributed by atoms with Crippen molar-refractivity contribution in [3.8, 4) is 0 Å². The van der Waals surface area contributed by atoms with Crippen LogP contribution in [-0.2, 0) is 0 Å². The number of rotatable bonds is 2. The maximum atomic E-state index is 10.7. The second-order valence-corrected chi connectivity index (χ2v) is 5.00. The van der Waals surface area contributed by atoms with E-state index in [9.17, 15) is 5.11 Å². The standard InChI is InChI=1S/C11H22N2O/c12-8-10(4-1-2-5-10)11(14)6-3-7-13-9-11/h13-14H,1-9,12H2. The van der Waals surface area contributed by atoms with E-state index < -0.39 is 5.60 Å². The van der Waals surface area contributed by atoms with E-state index in [2.05, 4.69) is 5.32 Å². The molecule has 3 heteroatoms. The fraction of sp³-hybridized carbons (Fsp3) is 1.00. The summed E-state index contributed by atoms with van der Waals surface area (Å²) in [6.07, 6.45) is 6.71.